The standard InChI is InChI=1S/C13H21N5S/c1-3-18(2)12(14)17-13(19)16-8-4-5-11-6-9-15-10-7-11/h6-7,9-10H,3-5,8H2,1-2H3,(H3,14,16,17,19). The molecule has 0 radical (unpaired) electrons. The number of guanidine groups is 1. The summed E-state index contributed by atoms with van der Waals surface area (Å²) in [5.74, 6) is 0.439. The van der Waals surface area contributed by atoms with Crippen LogP contribution >= 0.6 is 12.2 Å². The Labute approximate surface area is 119 Å². The molecule has 0 saturated carbocycles. The van der Waals surface area contributed by atoms with Crippen LogP contribution in [-0.2, 0) is 6.42 Å². The minimum atomic E-state index is 0.438. The molecule has 6 heteroatoms. The van der Waals surface area contributed by atoms with Crippen molar-refractivity contribution in [2.24, 2.45) is 10.7 Å². The second kappa shape index (κ2) is 8.42. The highest BCUT2D eigenvalue weighted by Crippen LogP contribution is 1.99. The fourth-order valence-corrected chi connectivity index (χ4v) is 1.62. The minimum absolute atomic E-state index is 0.438. The summed E-state index contributed by atoms with van der Waals surface area (Å²) in [7, 11) is 1.88. The lowest BCUT2D eigenvalue weighted by molar-refractivity contribution is 0.530. The van der Waals surface area contributed by atoms with Gasteiger partial charge in [0.2, 0.25) is 0 Å². The molecular weight excluding hydrogens is 258 g/mol. The Morgan fingerprint density at radius 3 is 2.79 bits per heavy atom. The van der Waals surface area contributed by atoms with Gasteiger partial charge in [-0.3, -0.25) is 4.98 Å². The molecule has 5 nitrogen and oxygen atoms in total. The van der Waals surface area contributed by atoms with Crippen LogP contribution in [-0.4, -0.2) is 41.1 Å². The second-order valence-electron chi connectivity index (χ2n) is 4.18. The van der Waals surface area contributed by atoms with Crippen LogP contribution in [0, 0.1) is 0 Å². The molecule has 0 amide bonds. The zero-order chi connectivity index (χ0) is 14.1. The summed E-state index contributed by atoms with van der Waals surface area (Å²) in [5, 5.41) is 3.52. The molecule has 0 unspecified atom stereocenters. The number of aromatic nitrogens is 1. The van der Waals surface area contributed by atoms with E-state index in [9.17, 15) is 0 Å². The van der Waals surface area contributed by atoms with Crippen molar-refractivity contribution >= 4 is 23.3 Å². The number of hydrogen-bond acceptors (Lipinski definition) is 2. The van der Waals surface area contributed by atoms with Crippen LogP contribution in [0.4, 0.5) is 0 Å². The topological polar surface area (TPSA) is 66.5 Å². The van der Waals surface area contributed by atoms with Crippen molar-refractivity contribution in [2.75, 3.05) is 20.1 Å². The molecule has 0 fully saturated rings. The Morgan fingerprint density at radius 1 is 1.47 bits per heavy atom. The highest BCUT2D eigenvalue weighted by Gasteiger charge is 2.00. The Bertz CT molecular complexity index is 418. The van der Waals surface area contributed by atoms with E-state index in [1.54, 1.807) is 12.4 Å². The lowest BCUT2D eigenvalue weighted by Crippen LogP contribution is -2.36. The van der Waals surface area contributed by atoms with E-state index in [0.29, 0.717) is 11.1 Å². The summed E-state index contributed by atoms with van der Waals surface area (Å²) in [6.07, 6.45) is 5.59. The summed E-state index contributed by atoms with van der Waals surface area (Å²) in [4.78, 5) is 9.95. The maximum atomic E-state index is 5.77. The van der Waals surface area contributed by atoms with Gasteiger partial charge < -0.3 is 16.0 Å². The molecule has 0 spiro atoms. The number of pyridine rings is 1. The van der Waals surface area contributed by atoms with Gasteiger partial charge in [0.25, 0.3) is 0 Å². The SMILES string of the molecule is CCN(C)C(N)=NC(=S)NCCCc1ccncc1. The first kappa shape index (κ1) is 15.4. The predicted molar refractivity (Wildman–Crippen MR) is 83.1 cm³/mol. The molecule has 1 aromatic rings. The van der Waals surface area contributed by atoms with Crippen LogP contribution in [0.2, 0.25) is 0 Å². The van der Waals surface area contributed by atoms with Crippen LogP contribution in [0.5, 0.6) is 0 Å². The van der Waals surface area contributed by atoms with Gasteiger partial charge in [-0.25, -0.2) is 0 Å². The van der Waals surface area contributed by atoms with Crippen LogP contribution in [0.3, 0.4) is 0 Å². The first-order chi connectivity index (χ1) is 9.13. The van der Waals surface area contributed by atoms with Gasteiger partial charge in [0.05, 0.1) is 0 Å². The van der Waals surface area contributed by atoms with Crippen LogP contribution in [0.1, 0.15) is 18.9 Å². The van der Waals surface area contributed by atoms with Crippen LogP contribution in [0.15, 0.2) is 29.5 Å². The van der Waals surface area contributed by atoms with Crippen LogP contribution in [0.25, 0.3) is 0 Å². The minimum Gasteiger partial charge on any atom is -0.369 e. The Morgan fingerprint density at radius 2 is 2.16 bits per heavy atom. The van der Waals surface area contributed by atoms with Gasteiger partial charge in [-0.2, -0.15) is 4.99 Å². The second-order valence-corrected chi connectivity index (χ2v) is 4.56. The van der Waals surface area contributed by atoms with Crippen molar-refractivity contribution in [3.8, 4) is 0 Å². The number of aliphatic imine (C=N–C) groups is 1. The van der Waals surface area contributed by atoms with Crippen molar-refractivity contribution < 1.29 is 0 Å². The molecule has 0 aliphatic carbocycles. The molecule has 1 aromatic heterocycles. The summed E-state index contributed by atoms with van der Waals surface area (Å²) < 4.78 is 0. The van der Waals surface area contributed by atoms with E-state index >= 15 is 0 Å². The van der Waals surface area contributed by atoms with Gasteiger partial charge in [0, 0.05) is 32.5 Å². The normalized spacial score (nSPS) is 11.2. The van der Waals surface area contributed by atoms with Crippen molar-refractivity contribution in [3.05, 3.63) is 30.1 Å². The molecule has 0 aliphatic rings. The fourth-order valence-electron chi connectivity index (χ4n) is 1.43. The highest BCUT2D eigenvalue weighted by molar-refractivity contribution is 7.80. The van der Waals surface area contributed by atoms with E-state index in [1.807, 2.05) is 31.0 Å². The van der Waals surface area contributed by atoms with Gasteiger partial charge >= 0.3 is 0 Å². The average Bonchev–Trinajstić information content (AvgIpc) is 2.43. The van der Waals surface area contributed by atoms with E-state index < -0.39 is 0 Å². The number of thiocarbonyl (C=S) groups is 1. The third-order valence-electron chi connectivity index (χ3n) is 2.75. The molecule has 0 aromatic carbocycles. The summed E-state index contributed by atoms with van der Waals surface area (Å²) in [6.45, 7) is 3.60. The molecule has 0 bridgehead atoms. The monoisotopic (exact) mass is 279 g/mol. The van der Waals surface area contributed by atoms with Gasteiger partial charge in [0.1, 0.15) is 0 Å². The van der Waals surface area contributed by atoms with Gasteiger partial charge in [-0.05, 0) is 49.7 Å². The van der Waals surface area contributed by atoms with E-state index in [-0.39, 0.29) is 0 Å². The number of rotatable bonds is 5. The van der Waals surface area contributed by atoms with Crippen molar-refractivity contribution in [1.82, 2.24) is 15.2 Å². The largest absolute Gasteiger partial charge is 0.369 e. The van der Waals surface area contributed by atoms with Gasteiger partial charge in [-0.1, -0.05) is 0 Å². The highest BCUT2D eigenvalue weighted by atomic mass is 32.1. The molecule has 104 valence electrons. The molecule has 3 N–H and O–H groups in total. The van der Waals surface area contributed by atoms with Crippen molar-refractivity contribution in [2.45, 2.75) is 19.8 Å². The van der Waals surface area contributed by atoms with Crippen LogP contribution < -0.4 is 11.1 Å². The van der Waals surface area contributed by atoms with Crippen molar-refractivity contribution in [3.63, 3.8) is 0 Å². The first-order valence-corrected chi connectivity index (χ1v) is 6.76. The first-order valence-electron chi connectivity index (χ1n) is 6.35. The average molecular weight is 279 g/mol. The zero-order valence-corrected chi connectivity index (χ0v) is 12.3. The number of nitrogens with one attached hydrogen (secondary N) is 1. The third-order valence-corrected chi connectivity index (χ3v) is 2.98. The summed E-state index contributed by atoms with van der Waals surface area (Å²) in [5.41, 5.74) is 7.04. The molecule has 19 heavy (non-hydrogen) atoms. The summed E-state index contributed by atoms with van der Waals surface area (Å²) in [6, 6.07) is 4.04. The zero-order valence-electron chi connectivity index (χ0n) is 11.5. The maximum Gasteiger partial charge on any atom is 0.198 e. The number of nitrogens with zero attached hydrogens (tertiary/aromatic N) is 3. The predicted octanol–water partition coefficient (Wildman–Crippen LogP) is 1.16. The fraction of sp³-hybridized carbons (Fsp3) is 0.462. The van der Waals surface area contributed by atoms with E-state index in [4.69, 9.17) is 18.0 Å². The lowest BCUT2D eigenvalue weighted by Gasteiger charge is -2.15. The molecular formula is C13H21N5S. The lowest BCUT2D eigenvalue weighted by atomic mass is 10.1. The number of nitrogens with two attached hydrogens (primary N) is 1. The third kappa shape index (κ3) is 6.15. The Balaban J connectivity index is 2.24. The van der Waals surface area contributed by atoms with Crippen molar-refractivity contribution in [1.29, 1.82) is 0 Å². The molecule has 1 heterocycles. The Kier molecular flexibility index (Phi) is 6.81. The maximum absolute atomic E-state index is 5.77. The van der Waals surface area contributed by atoms with Gasteiger partial charge in [0.15, 0.2) is 11.1 Å². The van der Waals surface area contributed by atoms with E-state index in [2.05, 4.69) is 15.3 Å². The molecule has 1 rings (SSSR count). The number of aryl methyl sites for hydroxylation is 1. The smallest absolute Gasteiger partial charge is 0.198 e. The molecule has 0 aliphatic heterocycles. The Hall–Kier alpha value is -1.69. The van der Waals surface area contributed by atoms with E-state index in [0.717, 1.165) is 25.9 Å². The quantitative estimate of drug-likeness (QED) is 0.366. The number of hydrogen-bond donors (Lipinski definition) is 2. The molecule has 0 saturated heterocycles. The summed E-state index contributed by atoms with van der Waals surface area (Å²) >= 11 is 5.11. The molecule has 0 atom stereocenters. The van der Waals surface area contributed by atoms with Gasteiger partial charge in [-0.15, -0.1) is 0 Å². The van der Waals surface area contributed by atoms with E-state index in [1.165, 1.54) is 5.56 Å².